The number of ether oxygens (including phenoxy) is 1. The third-order valence-electron chi connectivity index (χ3n) is 5.84. The number of hydrogen-bond acceptors (Lipinski definition) is 5. The number of halogens is 1. The zero-order chi connectivity index (χ0) is 22.5. The molecule has 1 aromatic rings. The van der Waals surface area contributed by atoms with Gasteiger partial charge in [-0.3, -0.25) is 19.2 Å². The average molecular weight is 494 g/mol. The van der Waals surface area contributed by atoms with Crippen molar-refractivity contribution in [3.63, 3.8) is 0 Å². The first-order valence-corrected chi connectivity index (χ1v) is 11.4. The fraction of sp³-hybridized carbons (Fsp3) is 0.545. The maximum Gasteiger partial charge on any atom is 0.309 e. The molecule has 0 radical (unpaired) electrons. The van der Waals surface area contributed by atoms with Crippen LogP contribution in [0.2, 0.25) is 0 Å². The number of carbonyl (C=O) groups is 4. The van der Waals surface area contributed by atoms with Crippen LogP contribution in [0.25, 0.3) is 0 Å². The Morgan fingerprint density at radius 2 is 1.87 bits per heavy atom. The zero-order valence-electron chi connectivity index (χ0n) is 17.9. The number of piperidine rings is 1. The van der Waals surface area contributed by atoms with E-state index in [2.05, 4.69) is 15.9 Å². The maximum atomic E-state index is 12.9. The Kier molecular flexibility index (Phi) is 7.69. The molecule has 2 aliphatic rings. The summed E-state index contributed by atoms with van der Waals surface area (Å²) in [6.07, 6.45) is 1.55. The van der Waals surface area contributed by atoms with Crippen molar-refractivity contribution >= 4 is 45.3 Å². The Labute approximate surface area is 190 Å². The molecule has 0 aromatic heterocycles. The summed E-state index contributed by atoms with van der Waals surface area (Å²) in [6, 6.07) is 7.40. The standard InChI is InChI=1S/C22H28BrN3O5/c1-3-31-22(30)15-7-10-25(11-8-15)19(27)14-24(2)20(28)18-9-12-26(21(18)29)17-6-4-5-16(23)13-17/h4-6,13,15,18H,3,7-12,14H2,1-2H3. The molecular formula is C22H28BrN3O5. The van der Waals surface area contributed by atoms with Gasteiger partial charge in [-0.2, -0.15) is 0 Å². The van der Waals surface area contributed by atoms with Gasteiger partial charge in [0.1, 0.15) is 5.92 Å². The van der Waals surface area contributed by atoms with E-state index in [0.717, 1.165) is 10.2 Å². The van der Waals surface area contributed by atoms with Crippen LogP contribution in [0, 0.1) is 11.8 Å². The Bertz CT molecular complexity index is 853. The molecule has 3 amide bonds. The Morgan fingerprint density at radius 3 is 2.52 bits per heavy atom. The molecule has 1 unspecified atom stereocenters. The van der Waals surface area contributed by atoms with Gasteiger partial charge < -0.3 is 19.4 Å². The molecule has 2 heterocycles. The Hall–Kier alpha value is -2.42. The highest BCUT2D eigenvalue weighted by atomic mass is 79.9. The lowest BCUT2D eigenvalue weighted by Crippen LogP contribution is -2.47. The van der Waals surface area contributed by atoms with Crippen LogP contribution in [0.5, 0.6) is 0 Å². The molecule has 9 heteroatoms. The van der Waals surface area contributed by atoms with E-state index in [1.54, 1.807) is 23.8 Å². The number of anilines is 1. The van der Waals surface area contributed by atoms with Crippen molar-refractivity contribution in [3.8, 4) is 0 Å². The van der Waals surface area contributed by atoms with Gasteiger partial charge in [-0.1, -0.05) is 22.0 Å². The molecule has 1 aromatic carbocycles. The predicted molar refractivity (Wildman–Crippen MR) is 118 cm³/mol. The lowest BCUT2D eigenvalue weighted by Gasteiger charge is -2.32. The fourth-order valence-corrected chi connectivity index (χ4v) is 4.47. The van der Waals surface area contributed by atoms with Crippen LogP contribution in [0.1, 0.15) is 26.2 Å². The first-order valence-electron chi connectivity index (χ1n) is 10.6. The van der Waals surface area contributed by atoms with Gasteiger partial charge >= 0.3 is 5.97 Å². The monoisotopic (exact) mass is 493 g/mol. The van der Waals surface area contributed by atoms with Crippen LogP contribution >= 0.6 is 15.9 Å². The normalized spacial score (nSPS) is 19.5. The van der Waals surface area contributed by atoms with E-state index in [9.17, 15) is 19.2 Å². The molecule has 2 aliphatic heterocycles. The average Bonchev–Trinajstić information content (AvgIpc) is 3.14. The summed E-state index contributed by atoms with van der Waals surface area (Å²) in [4.78, 5) is 54.8. The second kappa shape index (κ2) is 10.3. The van der Waals surface area contributed by atoms with Gasteiger partial charge in [-0.05, 0) is 44.4 Å². The van der Waals surface area contributed by atoms with E-state index in [4.69, 9.17) is 4.74 Å². The number of esters is 1. The number of carbonyl (C=O) groups excluding carboxylic acids is 4. The number of rotatable bonds is 6. The van der Waals surface area contributed by atoms with Crippen LogP contribution in [0.3, 0.4) is 0 Å². The van der Waals surface area contributed by atoms with E-state index in [1.165, 1.54) is 4.90 Å². The van der Waals surface area contributed by atoms with Gasteiger partial charge in [0.15, 0.2) is 0 Å². The summed E-state index contributed by atoms with van der Waals surface area (Å²) in [5.74, 6) is -1.91. The topological polar surface area (TPSA) is 87.2 Å². The molecule has 31 heavy (non-hydrogen) atoms. The largest absolute Gasteiger partial charge is 0.466 e. The summed E-state index contributed by atoms with van der Waals surface area (Å²) in [7, 11) is 1.56. The molecule has 1 atom stereocenters. The minimum absolute atomic E-state index is 0.0798. The first kappa shape index (κ1) is 23.2. The van der Waals surface area contributed by atoms with Gasteiger partial charge in [0.25, 0.3) is 0 Å². The molecule has 2 fully saturated rings. The van der Waals surface area contributed by atoms with Gasteiger partial charge in [0.2, 0.25) is 17.7 Å². The minimum Gasteiger partial charge on any atom is -0.466 e. The van der Waals surface area contributed by atoms with Gasteiger partial charge in [-0.25, -0.2) is 0 Å². The van der Waals surface area contributed by atoms with Crippen LogP contribution in [0.4, 0.5) is 5.69 Å². The molecule has 2 saturated heterocycles. The molecular weight excluding hydrogens is 466 g/mol. The van der Waals surface area contributed by atoms with Crippen molar-refractivity contribution in [2.45, 2.75) is 26.2 Å². The van der Waals surface area contributed by atoms with Crippen molar-refractivity contribution in [2.75, 3.05) is 44.7 Å². The molecule has 8 nitrogen and oxygen atoms in total. The SMILES string of the molecule is CCOC(=O)C1CCN(C(=O)CN(C)C(=O)C2CCN(c3cccc(Br)c3)C2=O)CC1. The third-order valence-corrected chi connectivity index (χ3v) is 6.33. The minimum atomic E-state index is -0.772. The van der Waals surface area contributed by atoms with Gasteiger partial charge in [0, 0.05) is 36.8 Å². The molecule has 0 bridgehead atoms. The van der Waals surface area contributed by atoms with Crippen LogP contribution in [-0.4, -0.2) is 73.3 Å². The fourth-order valence-electron chi connectivity index (χ4n) is 4.08. The molecule has 0 spiro atoms. The zero-order valence-corrected chi connectivity index (χ0v) is 19.5. The molecule has 0 aliphatic carbocycles. The van der Waals surface area contributed by atoms with Crippen molar-refractivity contribution in [2.24, 2.45) is 11.8 Å². The van der Waals surface area contributed by atoms with Crippen molar-refractivity contribution < 1.29 is 23.9 Å². The number of hydrogen-bond donors (Lipinski definition) is 0. The highest BCUT2D eigenvalue weighted by Crippen LogP contribution is 2.28. The van der Waals surface area contributed by atoms with E-state index < -0.39 is 5.92 Å². The van der Waals surface area contributed by atoms with E-state index in [0.29, 0.717) is 45.5 Å². The molecule has 168 valence electrons. The molecule has 3 rings (SSSR count). The molecule has 0 N–H and O–H groups in total. The maximum absolute atomic E-state index is 12.9. The first-order chi connectivity index (χ1) is 14.8. The summed E-state index contributed by atoms with van der Waals surface area (Å²) in [5.41, 5.74) is 0.748. The third kappa shape index (κ3) is 5.44. The Balaban J connectivity index is 1.52. The summed E-state index contributed by atoms with van der Waals surface area (Å²) < 4.78 is 5.92. The number of nitrogens with zero attached hydrogens (tertiary/aromatic N) is 3. The summed E-state index contributed by atoms with van der Waals surface area (Å²) in [6.45, 7) is 3.44. The summed E-state index contributed by atoms with van der Waals surface area (Å²) >= 11 is 3.40. The van der Waals surface area contributed by atoms with E-state index >= 15 is 0 Å². The van der Waals surface area contributed by atoms with Gasteiger partial charge in [-0.15, -0.1) is 0 Å². The van der Waals surface area contributed by atoms with Gasteiger partial charge in [0.05, 0.1) is 19.1 Å². The van der Waals surface area contributed by atoms with E-state index in [-0.39, 0.29) is 36.2 Å². The smallest absolute Gasteiger partial charge is 0.309 e. The Morgan fingerprint density at radius 1 is 1.16 bits per heavy atom. The summed E-state index contributed by atoms with van der Waals surface area (Å²) in [5, 5.41) is 0. The number of benzene rings is 1. The van der Waals surface area contributed by atoms with Crippen LogP contribution < -0.4 is 4.90 Å². The highest BCUT2D eigenvalue weighted by Gasteiger charge is 2.39. The second-order valence-electron chi connectivity index (χ2n) is 7.91. The predicted octanol–water partition coefficient (Wildman–Crippen LogP) is 2.06. The van der Waals surface area contributed by atoms with Crippen LogP contribution in [0.15, 0.2) is 28.7 Å². The van der Waals surface area contributed by atoms with E-state index in [1.807, 2.05) is 24.3 Å². The number of likely N-dealkylation sites (tertiary alicyclic amines) is 1. The quantitative estimate of drug-likeness (QED) is 0.447. The van der Waals surface area contributed by atoms with Crippen LogP contribution in [-0.2, 0) is 23.9 Å². The number of likely N-dealkylation sites (N-methyl/N-ethyl adjacent to an activating group) is 1. The highest BCUT2D eigenvalue weighted by molar-refractivity contribution is 9.10. The molecule has 0 saturated carbocycles. The van der Waals surface area contributed by atoms with Crippen molar-refractivity contribution in [1.29, 1.82) is 0 Å². The second-order valence-corrected chi connectivity index (χ2v) is 8.83. The lowest BCUT2D eigenvalue weighted by atomic mass is 9.97. The van der Waals surface area contributed by atoms with Crippen molar-refractivity contribution in [1.82, 2.24) is 9.80 Å². The number of amides is 3. The lowest BCUT2D eigenvalue weighted by molar-refractivity contribution is -0.151. The van der Waals surface area contributed by atoms with Crippen molar-refractivity contribution in [3.05, 3.63) is 28.7 Å².